The number of benzene rings is 1. The zero-order valence-corrected chi connectivity index (χ0v) is 13.6. The second-order valence-electron chi connectivity index (χ2n) is 4.39. The maximum Gasteiger partial charge on any atom is 0.231 e. The van der Waals surface area contributed by atoms with E-state index < -0.39 is 9.84 Å². The summed E-state index contributed by atoms with van der Waals surface area (Å²) < 4.78 is 22.7. The van der Waals surface area contributed by atoms with Gasteiger partial charge in [0.15, 0.2) is 9.84 Å². The summed E-state index contributed by atoms with van der Waals surface area (Å²) in [7, 11) is -3.23. The number of thiazole rings is 1. The molecule has 0 spiro atoms. The molecule has 0 bridgehead atoms. The van der Waals surface area contributed by atoms with Crippen molar-refractivity contribution in [1.82, 2.24) is 4.98 Å². The molecule has 0 saturated carbocycles. The molecule has 8 heteroatoms. The molecular formula is C13H13ClN2O3S2. The largest absolute Gasteiger partial charge is 0.326 e. The van der Waals surface area contributed by atoms with Gasteiger partial charge in [-0.05, 0) is 24.3 Å². The summed E-state index contributed by atoms with van der Waals surface area (Å²) in [5.74, 6) is 0.114. The normalized spacial score (nSPS) is 11.3. The predicted octanol–water partition coefficient (Wildman–Crippen LogP) is 2.47. The van der Waals surface area contributed by atoms with E-state index in [-0.39, 0.29) is 17.2 Å². The summed E-state index contributed by atoms with van der Waals surface area (Å²) in [4.78, 5) is 16.3. The van der Waals surface area contributed by atoms with E-state index in [4.69, 9.17) is 11.6 Å². The maximum atomic E-state index is 11.9. The number of aromatic nitrogens is 1. The number of carbonyl (C=O) groups excluding carboxylic acids is 1. The van der Waals surface area contributed by atoms with Crippen molar-refractivity contribution in [3.05, 3.63) is 40.3 Å². The molecule has 1 amide bonds. The first kappa shape index (κ1) is 15.9. The number of rotatable bonds is 5. The quantitative estimate of drug-likeness (QED) is 0.845. The van der Waals surface area contributed by atoms with E-state index in [0.717, 1.165) is 11.9 Å². The van der Waals surface area contributed by atoms with E-state index in [0.29, 0.717) is 16.6 Å². The first-order chi connectivity index (χ1) is 9.88. The smallest absolute Gasteiger partial charge is 0.231 e. The van der Waals surface area contributed by atoms with Crippen molar-refractivity contribution in [2.75, 3.05) is 11.6 Å². The molecule has 1 heterocycles. The van der Waals surface area contributed by atoms with Crippen LogP contribution in [0.1, 0.15) is 10.7 Å². The van der Waals surface area contributed by atoms with Crippen LogP contribution in [0.5, 0.6) is 0 Å². The zero-order chi connectivity index (χ0) is 15.5. The van der Waals surface area contributed by atoms with Gasteiger partial charge in [-0.3, -0.25) is 4.79 Å². The van der Waals surface area contributed by atoms with Gasteiger partial charge in [-0.2, -0.15) is 0 Å². The van der Waals surface area contributed by atoms with Gasteiger partial charge in [0.25, 0.3) is 0 Å². The molecule has 0 saturated heterocycles. The van der Waals surface area contributed by atoms with Gasteiger partial charge in [0.05, 0.1) is 22.9 Å². The Bertz CT molecular complexity index is 739. The van der Waals surface area contributed by atoms with E-state index in [2.05, 4.69) is 10.3 Å². The summed E-state index contributed by atoms with van der Waals surface area (Å²) in [6, 6.07) is 6.03. The molecule has 0 aliphatic carbocycles. The number of amides is 1. The molecule has 5 nitrogen and oxygen atoms in total. The van der Waals surface area contributed by atoms with Crippen LogP contribution >= 0.6 is 22.9 Å². The van der Waals surface area contributed by atoms with E-state index in [1.54, 1.807) is 12.1 Å². The van der Waals surface area contributed by atoms with Crippen molar-refractivity contribution in [1.29, 1.82) is 0 Å². The molecule has 1 N–H and O–H groups in total. The Morgan fingerprint density at radius 3 is 2.52 bits per heavy atom. The van der Waals surface area contributed by atoms with Crippen molar-refractivity contribution >= 4 is 44.4 Å². The Balaban J connectivity index is 1.99. The first-order valence-corrected chi connectivity index (χ1v) is 9.28. The highest BCUT2D eigenvalue weighted by molar-refractivity contribution is 7.90. The van der Waals surface area contributed by atoms with Gasteiger partial charge in [0, 0.05) is 17.3 Å². The predicted molar refractivity (Wildman–Crippen MR) is 83.6 cm³/mol. The maximum absolute atomic E-state index is 11.9. The second kappa shape index (κ2) is 6.55. The van der Waals surface area contributed by atoms with Gasteiger partial charge in [-0.25, -0.2) is 13.4 Å². The molecule has 1 aromatic heterocycles. The molecule has 0 unspecified atom stereocenters. The summed E-state index contributed by atoms with van der Waals surface area (Å²) in [5.41, 5.74) is 1.29. The lowest BCUT2D eigenvalue weighted by atomic mass is 10.3. The third-order valence-corrected chi connectivity index (χ3v) is 4.91. The number of hydrogen-bond donors (Lipinski definition) is 1. The molecule has 0 aliphatic rings. The SMILES string of the molecule is CS(=O)(=O)c1ccc(NC(=O)Cc2nc(CCl)cs2)cc1. The molecule has 0 radical (unpaired) electrons. The molecule has 0 aliphatic heterocycles. The van der Waals surface area contributed by atoms with Gasteiger partial charge >= 0.3 is 0 Å². The minimum atomic E-state index is -3.23. The van der Waals surface area contributed by atoms with Crippen LogP contribution in [0.2, 0.25) is 0 Å². The summed E-state index contributed by atoms with van der Waals surface area (Å²) in [6.07, 6.45) is 1.30. The number of alkyl halides is 1. The first-order valence-electron chi connectivity index (χ1n) is 5.97. The molecular weight excluding hydrogens is 332 g/mol. The van der Waals surface area contributed by atoms with Crippen LogP contribution in [0.3, 0.4) is 0 Å². The molecule has 21 heavy (non-hydrogen) atoms. The van der Waals surface area contributed by atoms with Gasteiger partial charge in [0.1, 0.15) is 5.01 Å². The van der Waals surface area contributed by atoms with Crippen molar-refractivity contribution in [2.24, 2.45) is 0 Å². The van der Waals surface area contributed by atoms with Crippen molar-refractivity contribution in [3.8, 4) is 0 Å². The molecule has 0 atom stereocenters. The highest BCUT2D eigenvalue weighted by atomic mass is 35.5. The molecule has 1 aromatic carbocycles. The van der Waals surface area contributed by atoms with Crippen LogP contribution in [0, 0.1) is 0 Å². The van der Waals surface area contributed by atoms with Crippen molar-refractivity contribution in [2.45, 2.75) is 17.2 Å². The van der Waals surface area contributed by atoms with Crippen LogP contribution < -0.4 is 5.32 Å². The highest BCUT2D eigenvalue weighted by Gasteiger charge is 2.10. The molecule has 2 rings (SSSR count). The Kier molecular flexibility index (Phi) is 4.97. The van der Waals surface area contributed by atoms with Crippen LogP contribution in [0.15, 0.2) is 34.5 Å². The number of sulfone groups is 1. The zero-order valence-electron chi connectivity index (χ0n) is 11.2. The average molecular weight is 345 g/mol. The Morgan fingerprint density at radius 2 is 2.00 bits per heavy atom. The summed E-state index contributed by atoms with van der Waals surface area (Å²) in [5, 5.41) is 5.20. The topological polar surface area (TPSA) is 76.1 Å². The van der Waals surface area contributed by atoms with E-state index in [1.165, 1.54) is 23.5 Å². The minimum Gasteiger partial charge on any atom is -0.326 e. The molecule has 112 valence electrons. The van der Waals surface area contributed by atoms with Gasteiger partial charge < -0.3 is 5.32 Å². The van der Waals surface area contributed by atoms with Crippen LogP contribution in [-0.2, 0) is 26.9 Å². The monoisotopic (exact) mass is 344 g/mol. The van der Waals surface area contributed by atoms with Gasteiger partial charge in [-0.15, -0.1) is 22.9 Å². The number of anilines is 1. The number of carbonyl (C=O) groups is 1. The van der Waals surface area contributed by atoms with Crippen LogP contribution in [-0.4, -0.2) is 25.6 Å². The number of halogens is 1. The fourth-order valence-electron chi connectivity index (χ4n) is 1.62. The minimum absolute atomic E-state index is 0.162. The van der Waals surface area contributed by atoms with E-state index >= 15 is 0 Å². The number of nitrogens with zero attached hydrogens (tertiary/aromatic N) is 1. The lowest BCUT2D eigenvalue weighted by molar-refractivity contribution is -0.115. The van der Waals surface area contributed by atoms with Crippen molar-refractivity contribution in [3.63, 3.8) is 0 Å². The average Bonchev–Trinajstić information content (AvgIpc) is 2.85. The molecule has 0 fully saturated rings. The van der Waals surface area contributed by atoms with E-state index in [9.17, 15) is 13.2 Å². The lowest BCUT2D eigenvalue weighted by Gasteiger charge is -2.05. The Labute approximate surface area is 131 Å². The highest BCUT2D eigenvalue weighted by Crippen LogP contribution is 2.16. The standard InChI is InChI=1S/C13H13ClN2O3S2/c1-21(18,19)11-4-2-9(3-5-11)15-12(17)6-13-16-10(7-14)8-20-13/h2-5,8H,6-7H2,1H3,(H,15,17). The van der Waals surface area contributed by atoms with Gasteiger partial charge in [-0.1, -0.05) is 0 Å². The fraction of sp³-hybridized carbons (Fsp3) is 0.231. The van der Waals surface area contributed by atoms with Crippen LogP contribution in [0.4, 0.5) is 5.69 Å². The lowest BCUT2D eigenvalue weighted by Crippen LogP contribution is -2.14. The van der Waals surface area contributed by atoms with E-state index in [1.807, 2.05) is 5.38 Å². The van der Waals surface area contributed by atoms with Gasteiger partial charge in [0.2, 0.25) is 5.91 Å². The van der Waals surface area contributed by atoms with Crippen molar-refractivity contribution < 1.29 is 13.2 Å². The Morgan fingerprint density at radius 1 is 1.33 bits per heavy atom. The summed E-state index contributed by atoms with van der Waals surface area (Å²) >= 11 is 7.04. The Hall–Kier alpha value is -1.44. The fourth-order valence-corrected chi connectivity index (χ4v) is 3.27. The molecule has 2 aromatic rings. The summed E-state index contributed by atoms with van der Waals surface area (Å²) in [6.45, 7) is 0. The third-order valence-electron chi connectivity index (χ3n) is 2.61. The number of hydrogen-bond acceptors (Lipinski definition) is 5. The number of nitrogens with one attached hydrogen (secondary N) is 1. The second-order valence-corrected chi connectivity index (χ2v) is 7.61. The third kappa shape index (κ3) is 4.52. The van der Waals surface area contributed by atoms with Crippen LogP contribution in [0.25, 0.3) is 0 Å².